The van der Waals surface area contributed by atoms with Crippen molar-refractivity contribution >= 4 is 27.5 Å². The van der Waals surface area contributed by atoms with E-state index in [0.717, 1.165) is 10.2 Å². The highest BCUT2D eigenvalue weighted by atomic mass is 32.1. The van der Waals surface area contributed by atoms with Crippen LogP contribution in [0.4, 0.5) is 0 Å². The summed E-state index contributed by atoms with van der Waals surface area (Å²) in [6, 6.07) is 4.21. The van der Waals surface area contributed by atoms with Gasteiger partial charge in [0.1, 0.15) is 0 Å². The Kier molecular flexibility index (Phi) is 3.35. The van der Waals surface area contributed by atoms with Crippen molar-refractivity contribution in [1.82, 2.24) is 4.57 Å². The smallest absolute Gasteiger partial charge is 0.245 e. The third kappa shape index (κ3) is 2.22. The molecule has 0 fully saturated rings. The van der Waals surface area contributed by atoms with E-state index in [-0.39, 0.29) is 5.91 Å². The van der Waals surface area contributed by atoms with Crippen molar-refractivity contribution in [2.24, 2.45) is 4.99 Å². The highest BCUT2D eigenvalue weighted by Gasteiger charge is 2.07. The van der Waals surface area contributed by atoms with Gasteiger partial charge in [-0.1, -0.05) is 17.3 Å². The zero-order valence-electron chi connectivity index (χ0n) is 10.7. The number of carbonyl (C=O) groups excluding carboxylic acids is 1. The molecule has 1 amide bonds. The molecule has 0 atom stereocenters. The van der Waals surface area contributed by atoms with Gasteiger partial charge in [-0.25, -0.2) is 0 Å². The molecule has 0 aliphatic carbocycles. The summed E-state index contributed by atoms with van der Waals surface area (Å²) in [4.78, 5) is 15.8. The maximum atomic E-state index is 11.2. The van der Waals surface area contributed by atoms with Crippen LogP contribution in [-0.2, 0) is 11.3 Å². The number of terminal acetylenes is 1. The van der Waals surface area contributed by atoms with E-state index in [2.05, 4.69) is 36.9 Å². The molecule has 0 spiro atoms. The van der Waals surface area contributed by atoms with Gasteiger partial charge in [-0.3, -0.25) is 4.79 Å². The van der Waals surface area contributed by atoms with Crippen LogP contribution < -0.4 is 4.80 Å². The van der Waals surface area contributed by atoms with Crippen molar-refractivity contribution < 1.29 is 4.79 Å². The van der Waals surface area contributed by atoms with Gasteiger partial charge >= 0.3 is 0 Å². The van der Waals surface area contributed by atoms with Gasteiger partial charge in [-0.15, -0.1) is 6.42 Å². The first-order valence-electron chi connectivity index (χ1n) is 5.62. The summed E-state index contributed by atoms with van der Waals surface area (Å²) in [5.74, 6) is 2.40. The Labute approximate surface area is 110 Å². The van der Waals surface area contributed by atoms with Crippen LogP contribution in [0.25, 0.3) is 10.2 Å². The number of carbonyl (C=O) groups is 1. The Balaban J connectivity index is 2.85. The second kappa shape index (κ2) is 4.79. The maximum Gasteiger partial charge on any atom is 0.245 e. The molecule has 92 valence electrons. The molecular weight excluding hydrogens is 244 g/mol. The molecule has 2 rings (SSSR count). The quantitative estimate of drug-likeness (QED) is 0.723. The van der Waals surface area contributed by atoms with Gasteiger partial charge < -0.3 is 4.57 Å². The number of amides is 1. The number of nitrogens with zero attached hydrogens (tertiary/aromatic N) is 2. The number of aromatic nitrogens is 1. The molecule has 0 N–H and O–H groups in total. The number of thiazole rings is 1. The molecule has 0 radical (unpaired) electrons. The Hall–Kier alpha value is -1.86. The van der Waals surface area contributed by atoms with Crippen molar-refractivity contribution in [3.05, 3.63) is 28.1 Å². The maximum absolute atomic E-state index is 11.2. The topological polar surface area (TPSA) is 34.4 Å². The molecule has 1 aromatic carbocycles. The van der Waals surface area contributed by atoms with Crippen LogP contribution in [0.15, 0.2) is 17.1 Å². The van der Waals surface area contributed by atoms with E-state index in [1.807, 2.05) is 4.57 Å². The highest BCUT2D eigenvalue weighted by Crippen LogP contribution is 2.21. The van der Waals surface area contributed by atoms with Gasteiger partial charge in [-0.2, -0.15) is 4.99 Å². The van der Waals surface area contributed by atoms with Gasteiger partial charge in [-0.05, 0) is 37.1 Å². The normalized spacial score (nSPS) is 11.8. The first-order valence-corrected chi connectivity index (χ1v) is 6.44. The van der Waals surface area contributed by atoms with Gasteiger partial charge in [0.05, 0.1) is 16.8 Å². The van der Waals surface area contributed by atoms with E-state index in [1.165, 1.54) is 29.4 Å². The van der Waals surface area contributed by atoms with Crippen molar-refractivity contribution in [1.29, 1.82) is 0 Å². The summed E-state index contributed by atoms with van der Waals surface area (Å²) in [6.45, 7) is 6.01. The van der Waals surface area contributed by atoms with Crippen LogP contribution in [0.3, 0.4) is 0 Å². The summed E-state index contributed by atoms with van der Waals surface area (Å²) in [6.07, 6.45) is 5.39. The first kappa shape index (κ1) is 12.6. The Bertz CT molecular complexity index is 729. The van der Waals surface area contributed by atoms with Crippen molar-refractivity contribution in [3.63, 3.8) is 0 Å². The average molecular weight is 258 g/mol. The van der Waals surface area contributed by atoms with Crippen LogP contribution in [0.5, 0.6) is 0 Å². The van der Waals surface area contributed by atoms with E-state index in [0.29, 0.717) is 11.3 Å². The monoisotopic (exact) mass is 258 g/mol. The minimum Gasteiger partial charge on any atom is -0.305 e. The molecule has 4 heteroatoms. The molecule has 0 aliphatic rings. The second-order valence-electron chi connectivity index (χ2n) is 4.21. The fraction of sp³-hybridized carbons (Fsp3) is 0.286. The van der Waals surface area contributed by atoms with Crippen LogP contribution >= 0.6 is 11.3 Å². The Morgan fingerprint density at radius 3 is 2.72 bits per heavy atom. The summed E-state index contributed by atoms with van der Waals surface area (Å²) < 4.78 is 3.02. The molecule has 1 heterocycles. The molecule has 3 nitrogen and oxygen atoms in total. The third-order valence-electron chi connectivity index (χ3n) is 2.80. The predicted octanol–water partition coefficient (Wildman–Crippen LogP) is 2.40. The molecule has 2 aromatic rings. The fourth-order valence-corrected chi connectivity index (χ4v) is 2.94. The lowest BCUT2D eigenvalue weighted by molar-refractivity contribution is -0.116. The zero-order valence-corrected chi connectivity index (χ0v) is 11.5. The minimum atomic E-state index is -0.208. The molecular formula is C14H14N2OS. The Morgan fingerprint density at radius 2 is 2.11 bits per heavy atom. The van der Waals surface area contributed by atoms with E-state index in [4.69, 9.17) is 6.42 Å². The number of rotatable bonds is 1. The number of fused-ring (bicyclic) bond motifs is 1. The molecule has 0 saturated carbocycles. The summed E-state index contributed by atoms with van der Waals surface area (Å²) in [5, 5.41) is 0. The second-order valence-corrected chi connectivity index (χ2v) is 5.22. The molecule has 1 aromatic heterocycles. The van der Waals surface area contributed by atoms with Crippen molar-refractivity contribution in [2.75, 3.05) is 0 Å². The van der Waals surface area contributed by atoms with E-state index in [9.17, 15) is 4.79 Å². The van der Waals surface area contributed by atoms with Gasteiger partial charge in [0, 0.05) is 6.92 Å². The largest absolute Gasteiger partial charge is 0.305 e. The van der Waals surface area contributed by atoms with Crippen LogP contribution in [0, 0.1) is 26.2 Å². The highest BCUT2D eigenvalue weighted by molar-refractivity contribution is 7.16. The number of aryl methyl sites for hydroxylation is 2. The van der Waals surface area contributed by atoms with Crippen LogP contribution in [0.2, 0.25) is 0 Å². The molecule has 0 saturated heterocycles. The summed E-state index contributed by atoms with van der Waals surface area (Å²) in [7, 11) is 0. The number of hydrogen-bond donors (Lipinski definition) is 0. The number of benzene rings is 1. The van der Waals surface area contributed by atoms with Crippen LogP contribution in [0.1, 0.15) is 18.1 Å². The van der Waals surface area contributed by atoms with Gasteiger partial charge in [0.2, 0.25) is 5.91 Å². The SMILES string of the molecule is C#CCn1c(=NC(C)=O)sc2cc(C)c(C)cc21. The minimum absolute atomic E-state index is 0.208. The Morgan fingerprint density at radius 1 is 1.44 bits per heavy atom. The third-order valence-corrected chi connectivity index (χ3v) is 3.84. The van der Waals surface area contributed by atoms with Crippen molar-refractivity contribution in [3.8, 4) is 12.3 Å². The van der Waals surface area contributed by atoms with Crippen molar-refractivity contribution in [2.45, 2.75) is 27.3 Å². The summed E-state index contributed by atoms with van der Waals surface area (Å²) >= 11 is 1.49. The fourth-order valence-electron chi connectivity index (χ4n) is 1.79. The predicted molar refractivity (Wildman–Crippen MR) is 74.4 cm³/mol. The molecule has 0 unspecified atom stereocenters. The van der Waals surface area contributed by atoms with E-state index >= 15 is 0 Å². The zero-order chi connectivity index (χ0) is 13.3. The first-order chi connectivity index (χ1) is 8.52. The van der Waals surface area contributed by atoms with Crippen LogP contribution in [-0.4, -0.2) is 10.5 Å². The summed E-state index contributed by atoms with van der Waals surface area (Å²) in [5.41, 5.74) is 3.48. The van der Waals surface area contributed by atoms with E-state index in [1.54, 1.807) is 0 Å². The van der Waals surface area contributed by atoms with E-state index < -0.39 is 0 Å². The lowest BCUT2D eigenvalue weighted by Crippen LogP contribution is -2.15. The standard InChI is InChI=1S/C14H14N2OS/c1-5-6-16-12-7-9(2)10(3)8-13(12)18-14(16)15-11(4)17/h1,7-8H,6H2,2-4H3. The number of hydrogen-bond acceptors (Lipinski definition) is 2. The molecule has 0 aliphatic heterocycles. The molecule has 18 heavy (non-hydrogen) atoms. The molecule has 0 bridgehead atoms. The lowest BCUT2D eigenvalue weighted by Gasteiger charge is -2.02. The lowest BCUT2D eigenvalue weighted by atomic mass is 10.1. The van der Waals surface area contributed by atoms with Gasteiger partial charge in [0.15, 0.2) is 4.80 Å². The average Bonchev–Trinajstić information content (AvgIpc) is 2.58. The van der Waals surface area contributed by atoms with Gasteiger partial charge in [0.25, 0.3) is 0 Å².